The summed E-state index contributed by atoms with van der Waals surface area (Å²) in [5.41, 5.74) is 1.34. The first-order valence-corrected chi connectivity index (χ1v) is 6.19. The van der Waals surface area contributed by atoms with Gasteiger partial charge in [-0.3, -0.25) is 0 Å². The standard InChI is InChI=1S/C15H17NO/c17-10-14-8-16-9-15(14)13-6-5-11-3-1-2-4-12(11)7-13/h1-7,14-17H,8-10H2. The van der Waals surface area contributed by atoms with Gasteiger partial charge in [0.2, 0.25) is 0 Å². The lowest BCUT2D eigenvalue weighted by molar-refractivity contribution is 0.226. The van der Waals surface area contributed by atoms with Gasteiger partial charge in [0, 0.05) is 31.5 Å². The summed E-state index contributed by atoms with van der Waals surface area (Å²) >= 11 is 0. The van der Waals surface area contributed by atoms with Gasteiger partial charge in [-0.2, -0.15) is 0 Å². The van der Waals surface area contributed by atoms with E-state index in [4.69, 9.17) is 0 Å². The van der Waals surface area contributed by atoms with Crippen LogP contribution >= 0.6 is 0 Å². The highest BCUT2D eigenvalue weighted by Gasteiger charge is 2.27. The van der Waals surface area contributed by atoms with Crippen molar-refractivity contribution < 1.29 is 5.11 Å². The summed E-state index contributed by atoms with van der Waals surface area (Å²) in [7, 11) is 0. The Morgan fingerprint density at radius 3 is 2.71 bits per heavy atom. The normalized spacial score (nSPS) is 24.3. The van der Waals surface area contributed by atoms with Gasteiger partial charge in [0.1, 0.15) is 0 Å². The van der Waals surface area contributed by atoms with E-state index in [1.165, 1.54) is 16.3 Å². The summed E-state index contributed by atoms with van der Waals surface area (Å²) in [6.07, 6.45) is 0. The highest BCUT2D eigenvalue weighted by atomic mass is 16.3. The molecule has 0 radical (unpaired) electrons. The third-order valence-electron chi connectivity index (χ3n) is 3.78. The first-order chi connectivity index (χ1) is 8.38. The minimum atomic E-state index is 0.268. The van der Waals surface area contributed by atoms with Crippen molar-refractivity contribution in [2.24, 2.45) is 5.92 Å². The molecule has 0 aromatic heterocycles. The van der Waals surface area contributed by atoms with Crippen molar-refractivity contribution in [2.45, 2.75) is 5.92 Å². The molecule has 2 N–H and O–H groups in total. The summed E-state index contributed by atoms with van der Waals surface area (Å²) in [6.45, 7) is 2.17. The monoisotopic (exact) mass is 227 g/mol. The molecule has 2 unspecified atom stereocenters. The van der Waals surface area contributed by atoms with Gasteiger partial charge < -0.3 is 10.4 Å². The van der Waals surface area contributed by atoms with Crippen LogP contribution in [0.3, 0.4) is 0 Å². The van der Waals surface area contributed by atoms with Gasteiger partial charge in [-0.1, -0.05) is 42.5 Å². The van der Waals surface area contributed by atoms with E-state index in [-0.39, 0.29) is 6.61 Å². The maximum Gasteiger partial charge on any atom is 0.0477 e. The second kappa shape index (κ2) is 4.47. The van der Waals surface area contributed by atoms with E-state index in [0.717, 1.165) is 13.1 Å². The third-order valence-corrected chi connectivity index (χ3v) is 3.78. The zero-order valence-electron chi connectivity index (χ0n) is 9.76. The number of fused-ring (bicyclic) bond motifs is 1. The van der Waals surface area contributed by atoms with Gasteiger partial charge >= 0.3 is 0 Å². The zero-order chi connectivity index (χ0) is 11.7. The fourth-order valence-corrected chi connectivity index (χ4v) is 2.75. The van der Waals surface area contributed by atoms with Crippen molar-refractivity contribution in [2.75, 3.05) is 19.7 Å². The third kappa shape index (κ3) is 1.94. The molecule has 0 bridgehead atoms. The van der Waals surface area contributed by atoms with Crippen molar-refractivity contribution in [1.82, 2.24) is 5.32 Å². The summed E-state index contributed by atoms with van der Waals surface area (Å²) < 4.78 is 0. The molecule has 0 amide bonds. The van der Waals surface area contributed by atoms with Crippen LogP contribution in [-0.4, -0.2) is 24.8 Å². The number of hydrogen-bond donors (Lipinski definition) is 2. The number of rotatable bonds is 2. The fourth-order valence-electron chi connectivity index (χ4n) is 2.75. The molecule has 2 atom stereocenters. The molecule has 1 fully saturated rings. The molecular formula is C15H17NO. The second-order valence-electron chi connectivity index (χ2n) is 4.81. The molecule has 1 saturated heterocycles. The van der Waals surface area contributed by atoms with Gasteiger partial charge in [-0.15, -0.1) is 0 Å². The maximum absolute atomic E-state index is 9.37. The molecule has 0 aliphatic carbocycles. The molecule has 3 rings (SSSR count). The van der Waals surface area contributed by atoms with Gasteiger partial charge in [0.15, 0.2) is 0 Å². The Bertz CT molecular complexity index is 523. The Morgan fingerprint density at radius 1 is 1.06 bits per heavy atom. The molecule has 1 aliphatic heterocycles. The number of aliphatic hydroxyl groups is 1. The molecule has 0 spiro atoms. The Morgan fingerprint density at radius 2 is 1.88 bits per heavy atom. The Kier molecular flexibility index (Phi) is 2.83. The van der Waals surface area contributed by atoms with Crippen LogP contribution in [0.15, 0.2) is 42.5 Å². The Hall–Kier alpha value is -1.38. The highest BCUT2D eigenvalue weighted by molar-refractivity contribution is 5.83. The summed E-state index contributed by atoms with van der Waals surface area (Å²) in [5, 5.41) is 15.3. The second-order valence-corrected chi connectivity index (χ2v) is 4.81. The van der Waals surface area contributed by atoms with E-state index in [2.05, 4.69) is 47.8 Å². The van der Waals surface area contributed by atoms with E-state index in [9.17, 15) is 5.11 Å². The largest absolute Gasteiger partial charge is 0.396 e. The van der Waals surface area contributed by atoms with Gasteiger partial charge in [-0.25, -0.2) is 0 Å². The number of nitrogens with one attached hydrogen (secondary N) is 1. The molecule has 0 saturated carbocycles. The van der Waals surface area contributed by atoms with Crippen molar-refractivity contribution in [3.8, 4) is 0 Å². The number of aliphatic hydroxyl groups excluding tert-OH is 1. The SMILES string of the molecule is OCC1CNCC1c1ccc2ccccc2c1. The summed E-state index contributed by atoms with van der Waals surface area (Å²) in [6, 6.07) is 15.1. The van der Waals surface area contributed by atoms with Crippen LogP contribution in [0.5, 0.6) is 0 Å². The van der Waals surface area contributed by atoms with Crippen molar-refractivity contribution in [3.63, 3.8) is 0 Å². The number of benzene rings is 2. The van der Waals surface area contributed by atoms with Crippen LogP contribution in [0.4, 0.5) is 0 Å². The zero-order valence-corrected chi connectivity index (χ0v) is 9.76. The van der Waals surface area contributed by atoms with Crippen LogP contribution < -0.4 is 5.32 Å². The van der Waals surface area contributed by atoms with Gasteiger partial charge in [-0.05, 0) is 16.3 Å². The minimum Gasteiger partial charge on any atom is -0.396 e. The molecule has 2 heteroatoms. The lowest BCUT2D eigenvalue weighted by Crippen LogP contribution is -2.14. The van der Waals surface area contributed by atoms with E-state index in [1.54, 1.807) is 0 Å². The Balaban J connectivity index is 2.00. The van der Waals surface area contributed by atoms with Gasteiger partial charge in [0.25, 0.3) is 0 Å². The lowest BCUT2D eigenvalue weighted by Gasteiger charge is -2.17. The van der Waals surface area contributed by atoms with Crippen molar-refractivity contribution >= 4 is 10.8 Å². The predicted molar refractivity (Wildman–Crippen MR) is 70.1 cm³/mol. The first kappa shape index (κ1) is 10.8. The maximum atomic E-state index is 9.37. The number of hydrogen-bond acceptors (Lipinski definition) is 2. The van der Waals surface area contributed by atoms with Crippen molar-refractivity contribution in [1.29, 1.82) is 0 Å². The van der Waals surface area contributed by atoms with E-state index in [1.807, 2.05) is 0 Å². The van der Waals surface area contributed by atoms with Gasteiger partial charge in [0.05, 0.1) is 0 Å². The highest BCUT2D eigenvalue weighted by Crippen LogP contribution is 2.29. The topological polar surface area (TPSA) is 32.3 Å². The summed E-state index contributed by atoms with van der Waals surface area (Å²) in [5.74, 6) is 0.806. The van der Waals surface area contributed by atoms with Crippen LogP contribution in [0, 0.1) is 5.92 Å². The van der Waals surface area contributed by atoms with Crippen LogP contribution in [0.2, 0.25) is 0 Å². The molecule has 2 nitrogen and oxygen atoms in total. The smallest absolute Gasteiger partial charge is 0.0477 e. The molecular weight excluding hydrogens is 210 g/mol. The molecule has 2 aromatic carbocycles. The predicted octanol–water partition coefficient (Wildman–Crippen LogP) is 2.14. The molecule has 1 heterocycles. The lowest BCUT2D eigenvalue weighted by atomic mass is 9.88. The van der Waals surface area contributed by atoms with E-state index in [0.29, 0.717) is 11.8 Å². The first-order valence-electron chi connectivity index (χ1n) is 6.19. The van der Waals surface area contributed by atoms with E-state index >= 15 is 0 Å². The van der Waals surface area contributed by atoms with Crippen LogP contribution in [0.1, 0.15) is 11.5 Å². The minimum absolute atomic E-state index is 0.268. The Labute approximate surface area is 101 Å². The fraction of sp³-hybridized carbons (Fsp3) is 0.333. The molecule has 2 aromatic rings. The quantitative estimate of drug-likeness (QED) is 0.823. The van der Waals surface area contributed by atoms with Crippen molar-refractivity contribution in [3.05, 3.63) is 48.0 Å². The average Bonchev–Trinajstić information content (AvgIpc) is 2.86. The van der Waals surface area contributed by atoms with E-state index < -0.39 is 0 Å². The molecule has 1 aliphatic rings. The summed E-state index contributed by atoms with van der Waals surface area (Å²) in [4.78, 5) is 0. The average molecular weight is 227 g/mol. The van der Waals surface area contributed by atoms with Crippen LogP contribution in [-0.2, 0) is 0 Å². The molecule has 88 valence electrons. The van der Waals surface area contributed by atoms with Crippen LogP contribution in [0.25, 0.3) is 10.8 Å². The molecule has 17 heavy (non-hydrogen) atoms.